The van der Waals surface area contributed by atoms with E-state index >= 15 is 0 Å². The summed E-state index contributed by atoms with van der Waals surface area (Å²) in [5.74, 6) is 0.183. The van der Waals surface area contributed by atoms with E-state index in [1.165, 1.54) is 11.4 Å². The van der Waals surface area contributed by atoms with Crippen molar-refractivity contribution >= 4 is 15.9 Å². The molecule has 142 valence electrons. The van der Waals surface area contributed by atoms with Crippen molar-refractivity contribution in [3.8, 4) is 5.75 Å². The molecule has 6 nitrogen and oxygen atoms in total. The van der Waals surface area contributed by atoms with Gasteiger partial charge in [-0.1, -0.05) is 31.9 Å². The van der Waals surface area contributed by atoms with Crippen molar-refractivity contribution in [2.75, 3.05) is 20.2 Å². The van der Waals surface area contributed by atoms with Gasteiger partial charge >= 0.3 is 0 Å². The van der Waals surface area contributed by atoms with Gasteiger partial charge in [-0.15, -0.1) is 0 Å². The predicted molar refractivity (Wildman–Crippen MR) is 100.0 cm³/mol. The van der Waals surface area contributed by atoms with Crippen LogP contribution in [0.4, 0.5) is 0 Å². The number of methoxy groups -OCH3 is 1. The number of benzene rings is 1. The summed E-state index contributed by atoms with van der Waals surface area (Å²) in [5, 5.41) is 2.79. The van der Waals surface area contributed by atoms with Gasteiger partial charge in [-0.25, -0.2) is 8.42 Å². The maximum absolute atomic E-state index is 12.8. The summed E-state index contributed by atoms with van der Waals surface area (Å²) in [5.41, 5.74) is 0.633. The largest absolute Gasteiger partial charge is 0.497 e. The van der Waals surface area contributed by atoms with Crippen molar-refractivity contribution in [1.82, 2.24) is 9.62 Å². The molecular weight excluding hydrogens is 340 g/mol. The van der Waals surface area contributed by atoms with E-state index in [-0.39, 0.29) is 24.2 Å². The quantitative estimate of drug-likeness (QED) is 0.607. The van der Waals surface area contributed by atoms with Gasteiger partial charge in [0.25, 0.3) is 0 Å². The van der Waals surface area contributed by atoms with Gasteiger partial charge in [-0.3, -0.25) is 4.79 Å². The molecule has 0 aliphatic heterocycles. The summed E-state index contributed by atoms with van der Waals surface area (Å²) in [6, 6.07) is 6.66. The average molecular weight is 371 g/mol. The number of nitrogens with one attached hydrogen (secondary N) is 1. The molecule has 0 atom stereocenters. The Balaban J connectivity index is 2.76. The fraction of sp³-hybridized carbons (Fsp3) is 0.611. The van der Waals surface area contributed by atoms with Crippen LogP contribution >= 0.6 is 0 Å². The molecule has 0 aromatic heterocycles. The first-order valence-electron chi connectivity index (χ1n) is 8.69. The molecule has 0 heterocycles. The Labute approximate surface area is 151 Å². The molecule has 1 rings (SSSR count). The van der Waals surface area contributed by atoms with Gasteiger partial charge in [0.1, 0.15) is 5.75 Å². The highest BCUT2D eigenvalue weighted by Crippen LogP contribution is 2.18. The number of unbranched alkanes of at least 4 members (excludes halogenated alkanes) is 2. The third kappa shape index (κ3) is 7.44. The lowest BCUT2D eigenvalue weighted by molar-refractivity contribution is -0.121. The maximum atomic E-state index is 12.8. The Morgan fingerprint density at radius 2 is 2.00 bits per heavy atom. The summed E-state index contributed by atoms with van der Waals surface area (Å²) < 4.78 is 31.9. The monoisotopic (exact) mass is 370 g/mol. The predicted octanol–water partition coefficient (Wildman–Crippen LogP) is 2.54. The SMILES string of the molecule is CCCCCNC(=O)CN(C(C)C)S(=O)(=O)Cc1cccc(OC)c1. The molecule has 0 saturated carbocycles. The van der Waals surface area contributed by atoms with E-state index in [0.29, 0.717) is 17.9 Å². The third-order valence-corrected chi connectivity index (χ3v) is 5.78. The molecule has 1 N–H and O–H groups in total. The van der Waals surface area contributed by atoms with Crippen LogP contribution in [0.3, 0.4) is 0 Å². The second-order valence-electron chi connectivity index (χ2n) is 6.30. The Morgan fingerprint density at radius 3 is 2.60 bits per heavy atom. The highest BCUT2D eigenvalue weighted by molar-refractivity contribution is 7.88. The first kappa shape index (κ1) is 21.4. The van der Waals surface area contributed by atoms with Crippen molar-refractivity contribution in [2.24, 2.45) is 0 Å². The summed E-state index contributed by atoms with van der Waals surface area (Å²) in [6.07, 6.45) is 3.02. The molecule has 25 heavy (non-hydrogen) atoms. The smallest absolute Gasteiger partial charge is 0.235 e. The number of hydrogen-bond donors (Lipinski definition) is 1. The van der Waals surface area contributed by atoms with Crippen molar-refractivity contribution in [3.63, 3.8) is 0 Å². The summed E-state index contributed by atoms with van der Waals surface area (Å²) >= 11 is 0. The zero-order valence-electron chi connectivity index (χ0n) is 15.6. The Bertz CT molecular complexity index is 644. The molecule has 0 saturated heterocycles. The molecular formula is C18H30N2O4S. The number of amides is 1. The lowest BCUT2D eigenvalue weighted by Crippen LogP contribution is -2.44. The number of ether oxygens (including phenoxy) is 1. The van der Waals surface area contributed by atoms with E-state index in [2.05, 4.69) is 12.2 Å². The summed E-state index contributed by atoms with van der Waals surface area (Å²) in [7, 11) is -2.07. The van der Waals surface area contributed by atoms with Crippen molar-refractivity contribution < 1.29 is 17.9 Å². The Morgan fingerprint density at radius 1 is 1.28 bits per heavy atom. The van der Waals surface area contributed by atoms with E-state index in [9.17, 15) is 13.2 Å². The van der Waals surface area contributed by atoms with E-state index < -0.39 is 10.0 Å². The van der Waals surface area contributed by atoms with Gasteiger partial charge < -0.3 is 10.1 Å². The maximum Gasteiger partial charge on any atom is 0.235 e. The van der Waals surface area contributed by atoms with Crippen LogP contribution in [0.1, 0.15) is 45.6 Å². The van der Waals surface area contributed by atoms with Gasteiger partial charge in [0.15, 0.2) is 0 Å². The number of carbonyl (C=O) groups excluding carboxylic acids is 1. The summed E-state index contributed by atoms with van der Waals surface area (Å²) in [4.78, 5) is 12.1. The zero-order chi connectivity index (χ0) is 18.9. The van der Waals surface area contributed by atoms with E-state index in [1.54, 1.807) is 38.1 Å². The van der Waals surface area contributed by atoms with E-state index in [0.717, 1.165) is 19.3 Å². The van der Waals surface area contributed by atoms with Crippen LogP contribution in [0.15, 0.2) is 24.3 Å². The van der Waals surface area contributed by atoms with Crippen molar-refractivity contribution in [1.29, 1.82) is 0 Å². The fourth-order valence-corrected chi connectivity index (χ4v) is 4.18. The van der Waals surface area contributed by atoms with Gasteiger partial charge in [-0.2, -0.15) is 4.31 Å². The normalized spacial score (nSPS) is 11.8. The summed E-state index contributed by atoms with van der Waals surface area (Å²) in [6.45, 7) is 6.05. The molecule has 0 radical (unpaired) electrons. The topological polar surface area (TPSA) is 75.7 Å². The molecule has 1 amide bonds. The minimum absolute atomic E-state index is 0.157. The van der Waals surface area contributed by atoms with Crippen LogP contribution in [0.25, 0.3) is 0 Å². The van der Waals surface area contributed by atoms with Gasteiger partial charge in [0.05, 0.1) is 19.4 Å². The van der Waals surface area contributed by atoms with Gasteiger partial charge in [0.2, 0.25) is 15.9 Å². The minimum atomic E-state index is -3.61. The molecule has 0 spiro atoms. The second-order valence-corrected chi connectivity index (χ2v) is 8.23. The Hall–Kier alpha value is -1.60. The number of nitrogens with zero attached hydrogens (tertiary/aromatic N) is 1. The fourth-order valence-electron chi connectivity index (χ4n) is 2.46. The van der Waals surface area contributed by atoms with Crippen LogP contribution < -0.4 is 10.1 Å². The van der Waals surface area contributed by atoms with Gasteiger partial charge in [-0.05, 0) is 38.0 Å². The van der Waals surface area contributed by atoms with Crippen LogP contribution in [-0.4, -0.2) is 44.9 Å². The molecule has 1 aromatic rings. The highest BCUT2D eigenvalue weighted by Gasteiger charge is 2.27. The number of rotatable bonds is 11. The van der Waals surface area contributed by atoms with Crippen LogP contribution in [0.5, 0.6) is 5.75 Å². The molecule has 0 unspecified atom stereocenters. The minimum Gasteiger partial charge on any atom is -0.497 e. The van der Waals surface area contributed by atoms with Crippen molar-refractivity contribution in [2.45, 2.75) is 51.8 Å². The van der Waals surface area contributed by atoms with E-state index in [4.69, 9.17) is 4.74 Å². The lowest BCUT2D eigenvalue weighted by atomic mass is 10.2. The van der Waals surface area contributed by atoms with Crippen molar-refractivity contribution in [3.05, 3.63) is 29.8 Å². The molecule has 7 heteroatoms. The van der Waals surface area contributed by atoms with E-state index in [1.807, 2.05) is 0 Å². The molecule has 1 aromatic carbocycles. The van der Waals surface area contributed by atoms with Gasteiger partial charge in [0, 0.05) is 12.6 Å². The standard InChI is InChI=1S/C18H30N2O4S/c1-5-6-7-11-19-18(21)13-20(15(2)3)25(22,23)14-16-9-8-10-17(12-16)24-4/h8-10,12,15H,5-7,11,13-14H2,1-4H3,(H,19,21). The number of carbonyl (C=O) groups is 1. The third-order valence-electron chi connectivity index (χ3n) is 3.82. The van der Waals surface area contributed by atoms with Crippen LogP contribution in [0.2, 0.25) is 0 Å². The molecule has 0 bridgehead atoms. The number of hydrogen-bond acceptors (Lipinski definition) is 4. The first-order chi connectivity index (χ1) is 11.8. The molecule has 0 aliphatic carbocycles. The average Bonchev–Trinajstić information content (AvgIpc) is 2.56. The molecule has 0 aliphatic rings. The Kier molecular flexibility index (Phi) is 8.92. The molecule has 0 fully saturated rings. The van der Waals surface area contributed by atoms with Crippen LogP contribution in [-0.2, 0) is 20.6 Å². The lowest BCUT2D eigenvalue weighted by Gasteiger charge is -2.25. The first-order valence-corrected chi connectivity index (χ1v) is 10.3. The number of sulfonamides is 1. The second kappa shape index (κ2) is 10.4. The zero-order valence-corrected chi connectivity index (χ0v) is 16.4. The highest BCUT2D eigenvalue weighted by atomic mass is 32.2. The van der Waals surface area contributed by atoms with Crippen LogP contribution in [0, 0.1) is 0 Å².